The van der Waals surface area contributed by atoms with Gasteiger partial charge in [0.15, 0.2) is 0 Å². The first kappa shape index (κ1) is 14.0. The minimum Gasteiger partial charge on any atom is -0.389 e. The fourth-order valence-electron chi connectivity index (χ4n) is 1.57. The van der Waals surface area contributed by atoms with Crippen molar-refractivity contribution in [2.45, 2.75) is 6.92 Å². The monoisotopic (exact) mass is 290 g/mol. The lowest BCUT2D eigenvalue weighted by atomic mass is 10.1. The Morgan fingerprint density at radius 2 is 2.10 bits per heavy atom. The lowest BCUT2D eigenvalue weighted by Gasteiger charge is -2.10. The summed E-state index contributed by atoms with van der Waals surface area (Å²) in [5.41, 5.74) is 6.47. The molecule has 0 radical (unpaired) electrons. The first-order valence-electron chi connectivity index (χ1n) is 5.67. The fraction of sp³-hybridized carbons (Fsp3) is 0.0769. The Balaban J connectivity index is 2.30. The molecule has 1 heterocycles. The van der Waals surface area contributed by atoms with E-state index in [1.165, 1.54) is 30.6 Å². The molecule has 0 unspecified atom stereocenters. The second-order valence-corrected chi connectivity index (χ2v) is 4.46. The molecule has 0 aliphatic heterocycles. The van der Waals surface area contributed by atoms with Crippen LogP contribution in [-0.2, 0) is 0 Å². The topological polar surface area (TPSA) is 80.9 Å². The third-order valence-electron chi connectivity index (χ3n) is 2.52. The molecular formula is C13H11FN4OS. The molecule has 2 aromatic rings. The van der Waals surface area contributed by atoms with Crippen molar-refractivity contribution in [2.75, 3.05) is 5.32 Å². The lowest BCUT2D eigenvalue weighted by molar-refractivity contribution is 0.102. The average Bonchev–Trinajstić information content (AvgIpc) is 2.39. The number of carbonyl (C=O) groups excluding carboxylic acids is 1. The quantitative estimate of drug-likeness (QED) is 0.843. The van der Waals surface area contributed by atoms with Crippen LogP contribution in [-0.4, -0.2) is 20.9 Å². The van der Waals surface area contributed by atoms with Crippen molar-refractivity contribution in [2.24, 2.45) is 5.73 Å². The van der Waals surface area contributed by atoms with E-state index in [0.717, 1.165) is 0 Å². The van der Waals surface area contributed by atoms with Gasteiger partial charge in [0.05, 0.1) is 23.1 Å². The summed E-state index contributed by atoms with van der Waals surface area (Å²) in [5, 5.41) is 2.52. The zero-order valence-electron chi connectivity index (χ0n) is 10.6. The molecule has 0 atom stereocenters. The molecule has 1 aromatic carbocycles. The third kappa shape index (κ3) is 2.94. The number of benzene rings is 1. The van der Waals surface area contributed by atoms with Crippen molar-refractivity contribution >= 4 is 28.8 Å². The van der Waals surface area contributed by atoms with Gasteiger partial charge < -0.3 is 11.1 Å². The van der Waals surface area contributed by atoms with Crippen LogP contribution in [0.5, 0.6) is 0 Å². The molecule has 102 valence electrons. The number of carbonyl (C=O) groups is 1. The van der Waals surface area contributed by atoms with Gasteiger partial charge in [-0.3, -0.25) is 9.78 Å². The number of amides is 1. The van der Waals surface area contributed by atoms with E-state index < -0.39 is 11.7 Å². The third-order valence-corrected chi connectivity index (χ3v) is 2.73. The highest BCUT2D eigenvalue weighted by atomic mass is 32.1. The maximum Gasteiger partial charge on any atom is 0.275 e. The lowest BCUT2D eigenvalue weighted by Crippen LogP contribution is -2.19. The van der Waals surface area contributed by atoms with Gasteiger partial charge in [0.1, 0.15) is 16.5 Å². The number of hydrogen-bond donors (Lipinski definition) is 2. The van der Waals surface area contributed by atoms with Crippen LogP contribution in [0.15, 0.2) is 30.6 Å². The normalized spacial score (nSPS) is 10.1. The summed E-state index contributed by atoms with van der Waals surface area (Å²) in [6.45, 7) is 1.76. The predicted octanol–water partition coefficient (Wildman–Crippen LogP) is 1.81. The molecule has 0 spiro atoms. The van der Waals surface area contributed by atoms with Gasteiger partial charge in [0, 0.05) is 6.20 Å². The van der Waals surface area contributed by atoms with E-state index in [-0.39, 0.29) is 21.9 Å². The highest BCUT2D eigenvalue weighted by molar-refractivity contribution is 7.80. The fourth-order valence-corrected chi connectivity index (χ4v) is 1.78. The smallest absolute Gasteiger partial charge is 0.275 e. The Kier molecular flexibility index (Phi) is 3.99. The molecule has 1 aromatic heterocycles. The number of nitrogens with zero attached hydrogens (tertiary/aromatic N) is 2. The molecule has 0 aliphatic rings. The summed E-state index contributed by atoms with van der Waals surface area (Å²) in [6.07, 6.45) is 2.80. The summed E-state index contributed by atoms with van der Waals surface area (Å²) in [5.74, 6) is -1.11. The zero-order chi connectivity index (χ0) is 14.7. The van der Waals surface area contributed by atoms with Gasteiger partial charge in [-0.2, -0.15) is 0 Å². The molecule has 0 aliphatic carbocycles. The Hall–Kier alpha value is -2.41. The summed E-state index contributed by atoms with van der Waals surface area (Å²) in [7, 11) is 0. The van der Waals surface area contributed by atoms with Crippen molar-refractivity contribution in [3.05, 3.63) is 53.4 Å². The van der Waals surface area contributed by atoms with Crippen LogP contribution in [0.4, 0.5) is 10.1 Å². The number of halogens is 1. The molecule has 3 N–H and O–H groups in total. The summed E-state index contributed by atoms with van der Waals surface area (Å²) in [4.78, 5) is 19.8. The highest BCUT2D eigenvalue weighted by Crippen LogP contribution is 2.19. The number of hydrogen-bond acceptors (Lipinski definition) is 4. The number of thiocarbonyl (C=S) groups is 1. The van der Waals surface area contributed by atoms with Crippen molar-refractivity contribution in [3.63, 3.8) is 0 Å². The first-order valence-corrected chi connectivity index (χ1v) is 6.08. The maximum absolute atomic E-state index is 13.7. The average molecular weight is 290 g/mol. The number of nitrogens with two attached hydrogens (primary N) is 1. The molecular weight excluding hydrogens is 279 g/mol. The molecule has 5 nitrogen and oxygen atoms in total. The van der Waals surface area contributed by atoms with Gasteiger partial charge in [0.2, 0.25) is 0 Å². The second kappa shape index (κ2) is 5.70. The maximum atomic E-state index is 13.7. The van der Waals surface area contributed by atoms with Gasteiger partial charge in [-0.15, -0.1) is 0 Å². The SMILES string of the molecule is Cc1cnc(C(=O)Nc2cccc(F)c2C(N)=S)cn1. The van der Waals surface area contributed by atoms with E-state index in [1.807, 2.05) is 0 Å². The molecule has 2 rings (SSSR count). The number of aromatic nitrogens is 2. The molecule has 0 saturated heterocycles. The summed E-state index contributed by atoms with van der Waals surface area (Å²) >= 11 is 4.78. The molecule has 1 amide bonds. The molecule has 20 heavy (non-hydrogen) atoms. The van der Waals surface area contributed by atoms with Crippen LogP contribution in [0.2, 0.25) is 0 Å². The minimum absolute atomic E-state index is 0.00378. The summed E-state index contributed by atoms with van der Waals surface area (Å²) in [6, 6.07) is 4.18. The van der Waals surface area contributed by atoms with Crippen LogP contribution >= 0.6 is 12.2 Å². The zero-order valence-corrected chi connectivity index (χ0v) is 11.4. The first-order chi connectivity index (χ1) is 9.49. The Bertz CT molecular complexity index is 673. The van der Waals surface area contributed by atoms with Gasteiger partial charge in [0.25, 0.3) is 5.91 Å². The van der Waals surface area contributed by atoms with E-state index >= 15 is 0 Å². The largest absolute Gasteiger partial charge is 0.389 e. The van der Waals surface area contributed by atoms with E-state index in [9.17, 15) is 9.18 Å². The molecule has 7 heteroatoms. The van der Waals surface area contributed by atoms with E-state index in [4.69, 9.17) is 18.0 Å². The van der Waals surface area contributed by atoms with Crippen molar-refractivity contribution in [1.29, 1.82) is 0 Å². The minimum atomic E-state index is -0.592. The molecule has 0 fully saturated rings. The van der Waals surface area contributed by atoms with Crippen LogP contribution in [0.1, 0.15) is 21.7 Å². The standard InChI is InChI=1S/C13H11FN4OS/c1-7-5-17-10(6-16-7)13(19)18-9-4-2-3-8(14)11(9)12(15)20/h2-6H,1H3,(H2,15,20)(H,18,19). The Morgan fingerprint density at radius 1 is 1.35 bits per heavy atom. The number of nitrogens with one attached hydrogen (secondary N) is 1. The highest BCUT2D eigenvalue weighted by Gasteiger charge is 2.15. The second-order valence-electron chi connectivity index (χ2n) is 4.02. The Labute approximate surface area is 120 Å². The number of rotatable bonds is 3. The van der Waals surface area contributed by atoms with Crippen LogP contribution in [0, 0.1) is 12.7 Å². The number of anilines is 1. The number of aryl methyl sites for hydroxylation is 1. The van der Waals surface area contributed by atoms with Gasteiger partial charge in [-0.1, -0.05) is 18.3 Å². The van der Waals surface area contributed by atoms with Crippen LogP contribution in [0.25, 0.3) is 0 Å². The van der Waals surface area contributed by atoms with Crippen LogP contribution < -0.4 is 11.1 Å². The van der Waals surface area contributed by atoms with Crippen molar-refractivity contribution in [3.8, 4) is 0 Å². The molecule has 0 bridgehead atoms. The van der Waals surface area contributed by atoms with Gasteiger partial charge in [-0.25, -0.2) is 9.37 Å². The van der Waals surface area contributed by atoms with Crippen molar-refractivity contribution < 1.29 is 9.18 Å². The molecule has 0 saturated carbocycles. The van der Waals surface area contributed by atoms with E-state index in [1.54, 1.807) is 6.92 Å². The summed E-state index contributed by atoms with van der Waals surface area (Å²) < 4.78 is 13.7. The Morgan fingerprint density at radius 3 is 2.70 bits per heavy atom. The van der Waals surface area contributed by atoms with Gasteiger partial charge >= 0.3 is 0 Å². The predicted molar refractivity (Wildman–Crippen MR) is 77.0 cm³/mol. The van der Waals surface area contributed by atoms with Gasteiger partial charge in [-0.05, 0) is 19.1 Å². The van der Waals surface area contributed by atoms with E-state index in [2.05, 4.69) is 15.3 Å². The van der Waals surface area contributed by atoms with E-state index in [0.29, 0.717) is 5.69 Å². The van der Waals surface area contributed by atoms with Crippen molar-refractivity contribution in [1.82, 2.24) is 9.97 Å². The van der Waals surface area contributed by atoms with Crippen LogP contribution in [0.3, 0.4) is 0 Å².